The van der Waals surface area contributed by atoms with Gasteiger partial charge in [0.05, 0.1) is 13.2 Å². The second kappa shape index (κ2) is 47.5. The molecule has 6 saturated heterocycles. The highest BCUT2D eigenvalue weighted by Crippen LogP contribution is 2.43. The number of amides is 1. The number of aliphatic hydroxyl groups is 7. The first kappa shape index (κ1) is 101. The highest BCUT2D eigenvalue weighted by atomic mass is 32.3. The molecule has 672 valence electrons. The molecule has 0 aromatic rings. The minimum absolute atomic E-state index is 0.128. The summed E-state index contributed by atoms with van der Waals surface area (Å²) in [5.41, 5.74) is 4.27. The fraction of sp³-hybridized carbons (Fsp3) is 0.911. The van der Waals surface area contributed by atoms with E-state index in [4.69, 9.17) is 99.1 Å². The molecule has 12 unspecified atom stereocenters. The van der Waals surface area contributed by atoms with Crippen molar-refractivity contribution < 1.29 is 271 Å². The van der Waals surface area contributed by atoms with E-state index in [0.717, 1.165) is 0 Å². The maximum Gasteiger partial charge on any atom is 0.397 e. The Hall–Kier alpha value is -3.08. The van der Waals surface area contributed by atoms with Gasteiger partial charge in [-0.15, -0.1) is 15.0 Å². The van der Waals surface area contributed by atoms with Gasteiger partial charge in [-0.3, -0.25) is 41.9 Å². The third-order valence-corrected chi connectivity index (χ3v) is 20.6. The number of rotatable bonds is 52. The van der Waals surface area contributed by atoms with Crippen molar-refractivity contribution in [3.63, 3.8) is 0 Å². The van der Waals surface area contributed by atoms with Crippen LogP contribution < -0.4 is 22.2 Å². The van der Waals surface area contributed by atoms with Gasteiger partial charge in [0.1, 0.15) is 102 Å². The molecule has 6 rings (SSSR count). The summed E-state index contributed by atoms with van der Waals surface area (Å²) >= 11 is -0.309. The van der Waals surface area contributed by atoms with Crippen LogP contribution in [-0.4, -0.2) is 362 Å². The zero-order valence-corrected chi connectivity index (χ0v) is 63.7. The van der Waals surface area contributed by atoms with E-state index in [1.807, 2.05) is 0 Å². The van der Waals surface area contributed by atoms with E-state index in [9.17, 15) is 125 Å². The second-order valence-corrected chi connectivity index (χ2v) is 31.2. The summed E-state index contributed by atoms with van der Waals surface area (Å²) in [6.45, 7) is -3.92. The highest BCUT2D eigenvalue weighted by molar-refractivity contribution is 7.95. The van der Waals surface area contributed by atoms with E-state index in [0.29, 0.717) is 19.3 Å². The highest BCUT2D eigenvalue weighted by Gasteiger charge is 2.62. The predicted octanol–water partition coefficient (Wildman–Crippen LogP) is -10.3. The van der Waals surface area contributed by atoms with Crippen LogP contribution in [0, 0.1) is 0 Å². The molecule has 0 aliphatic carbocycles. The van der Waals surface area contributed by atoms with Crippen molar-refractivity contribution in [2.75, 3.05) is 33.0 Å². The summed E-state index contributed by atoms with van der Waals surface area (Å²) in [6.07, 6.45) is -67.6. The molecule has 30 atom stereocenters. The van der Waals surface area contributed by atoms with Crippen LogP contribution in [0.1, 0.15) is 39.0 Å². The normalized spacial score (nSPS) is 36.5. The van der Waals surface area contributed by atoms with Gasteiger partial charge in [0.15, 0.2) is 68.3 Å². The third-order valence-electron chi connectivity index (χ3n) is 15.7. The van der Waals surface area contributed by atoms with Crippen molar-refractivity contribution in [1.29, 1.82) is 0 Å². The number of carbonyl (C=O) groups excluding carboxylic acids is 4. The number of hydrogen-bond acceptors (Lipinski definition) is 59. The standard InChI is InChI=1S/C45H76N4O58S8/c1-2-6-18(53)46-7-4-3-5-8-80-43-34(108-104-47-101-61)23(58)27(16(87-43)10-85-111(65,66)67)92-42-33(100-115(77,78)79)21(56)29(38(97-42)82-13-51)93-44-35(109-105-48-102-62)24(59)26(15(88-44)9-84-107-64)90-41-32(99-114(74,75)76)22(57)30(39(96-41)83-14-52)94-45-36(110-106-49-103-63)25(60)28(17(89-45)11-86-112(68,69)70)91-40-31(98-113(71,72)73)19(54)20(55)37(95-40)81-12-50/h12-17,19-45,47-49,54-64H,2-11H2,1H3,(H,46,53)(H,65,66,67)(H,68,69,70)(H,71,72,73)(H,74,75,76)(H,77,78,79)/t15-,16?,17?,19+,20-,21+,22?,23-,24?,25-,26+,27+,28+,29-,30-,31?,32?,33?,34?,35?,36?,37?,38?,39+,40+,41+,42+,43+,44+,45+/m0/s1. The van der Waals surface area contributed by atoms with Gasteiger partial charge in [-0.2, -0.15) is 42.1 Å². The van der Waals surface area contributed by atoms with E-state index in [1.54, 1.807) is 6.92 Å². The fourth-order valence-corrected chi connectivity index (χ4v) is 15.2. The molecule has 6 fully saturated rings. The Balaban J connectivity index is 1.34. The summed E-state index contributed by atoms with van der Waals surface area (Å²) in [5, 5.41) is 118. The molecule has 6 aliphatic rings. The Kier molecular flexibility index (Phi) is 41.6. The maximum atomic E-state index is 12.7. The second-order valence-electron chi connectivity index (χ2n) is 23.1. The van der Waals surface area contributed by atoms with Crippen LogP contribution in [0.5, 0.6) is 0 Å². The van der Waals surface area contributed by atoms with Crippen LogP contribution in [0.15, 0.2) is 0 Å². The monoisotopic (exact) mass is 1860 g/mol. The lowest BCUT2D eigenvalue weighted by Gasteiger charge is -2.50. The number of hydrogen-bond donors (Lipinski definition) is 20. The largest absolute Gasteiger partial charge is 0.435 e. The number of aliphatic hydroxyl groups excluding tert-OH is 7. The molecule has 0 aromatic carbocycles. The molecule has 62 nitrogen and oxygen atoms in total. The Morgan fingerprint density at radius 1 is 0.400 bits per heavy atom. The Morgan fingerprint density at radius 2 is 0.757 bits per heavy atom. The van der Waals surface area contributed by atoms with Crippen molar-refractivity contribution in [1.82, 2.24) is 22.2 Å². The van der Waals surface area contributed by atoms with Crippen molar-refractivity contribution >= 4 is 113 Å². The Bertz CT molecular complexity index is 3540. The van der Waals surface area contributed by atoms with Crippen molar-refractivity contribution in [3.8, 4) is 0 Å². The first-order valence-corrected chi connectivity index (χ1v) is 40.8. The minimum atomic E-state index is -6.07. The number of carbonyl (C=O) groups is 4. The van der Waals surface area contributed by atoms with Gasteiger partial charge in [0.2, 0.25) is 24.8 Å². The summed E-state index contributed by atoms with van der Waals surface area (Å²) in [6, 6.07) is 0. The summed E-state index contributed by atoms with van der Waals surface area (Å²) in [7, 11) is -28.9. The number of ether oxygens (including phenoxy) is 15. The molecule has 6 heterocycles. The lowest BCUT2D eigenvalue weighted by molar-refractivity contribution is -0.499. The molecule has 6 aliphatic heterocycles. The minimum Gasteiger partial charge on any atom is -0.435 e. The molecule has 20 N–H and O–H groups in total. The van der Waals surface area contributed by atoms with Crippen molar-refractivity contribution in [2.24, 2.45) is 0 Å². The van der Waals surface area contributed by atoms with E-state index >= 15 is 0 Å². The molecule has 70 heteroatoms. The molecule has 0 aromatic heterocycles. The summed E-state index contributed by atoms with van der Waals surface area (Å²) in [5.74, 6) is -0.210. The first-order valence-electron chi connectivity index (χ1n) is 31.5. The molecule has 1 amide bonds. The molecular formula is C45H76N4O58S8. The zero-order valence-electron chi connectivity index (χ0n) is 57.2. The van der Waals surface area contributed by atoms with Crippen LogP contribution in [0.3, 0.4) is 0 Å². The smallest absolute Gasteiger partial charge is 0.397 e. The quantitative estimate of drug-likeness (QED) is 0.00511. The topological polar surface area (TPSA) is 869 Å². The van der Waals surface area contributed by atoms with Crippen LogP contribution in [0.2, 0.25) is 0 Å². The van der Waals surface area contributed by atoms with E-state index in [2.05, 4.69) is 51.7 Å². The van der Waals surface area contributed by atoms with E-state index in [1.165, 1.54) is 16.9 Å². The zero-order chi connectivity index (χ0) is 85.3. The summed E-state index contributed by atoms with van der Waals surface area (Å²) < 4.78 is 292. The molecule has 0 bridgehead atoms. The molecule has 0 spiro atoms. The van der Waals surface area contributed by atoms with Gasteiger partial charge < -0.3 is 112 Å². The van der Waals surface area contributed by atoms with Crippen LogP contribution in [0.25, 0.3) is 0 Å². The average molecular weight is 1860 g/mol. The Morgan fingerprint density at radius 3 is 1.12 bits per heavy atom. The molecule has 0 saturated carbocycles. The fourth-order valence-electron chi connectivity index (χ4n) is 11.1. The first-order chi connectivity index (χ1) is 54.1. The lowest BCUT2D eigenvalue weighted by atomic mass is 9.98. The number of unbranched alkanes of at least 4 members (excludes halogenated alkanes) is 2. The maximum absolute atomic E-state index is 12.7. The third kappa shape index (κ3) is 31.3. The number of nitrogens with one attached hydrogen (secondary N) is 4. The molecule has 0 radical (unpaired) electrons. The summed E-state index contributed by atoms with van der Waals surface area (Å²) in [4.78, 5) is 63.3. The molecular weight excluding hydrogens is 1780 g/mol. The predicted molar refractivity (Wildman–Crippen MR) is 339 cm³/mol. The van der Waals surface area contributed by atoms with Gasteiger partial charge in [0.25, 0.3) is 19.4 Å². The van der Waals surface area contributed by atoms with Gasteiger partial charge in [-0.05, 0) is 42.6 Å². The van der Waals surface area contributed by atoms with Gasteiger partial charge >= 0.3 is 52.0 Å². The van der Waals surface area contributed by atoms with E-state index in [-0.39, 0.29) is 68.0 Å². The van der Waals surface area contributed by atoms with Crippen LogP contribution >= 0.6 is 36.1 Å². The molecule has 115 heavy (non-hydrogen) atoms. The van der Waals surface area contributed by atoms with Crippen molar-refractivity contribution in [3.05, 3.63) is 0 Å². The lowest BCUT2D eigenvalue weighted by Crippen LogP contribution is -2.68. The van der Waals surface area contributed by atoms with E-state index < -0.39 is 273 Å². The van der Waals surface area contributed by atoms with Crippen LogP contribution in [-0.2, 0) is 201 Å². The van der Waals surface area contributed by atoms with Crippen molar-refractivity contribution in [2.45, 2.75) is 221 Å². The van der Waals surface area contributed by atoms with Gasteiger partial charge in [-0.25, -0.2) is 59.7 Å². The SMILES string of the molecule is CCCC(=O)NCCCCCO[C@@H]1OC(COS(=O)(=O)O)[C@@H](O[C@@H]2OC(OC=O)[C@@H](O[C@H]3O[C@@H](COOO)[C@@H](O[C@@H]4O[C@@H](OC=O)[C@@H](O[C@H]5OC(COS(=O)(=O)O)[C@@H](O[C@@H]6OC(OC=O)[C@@H](O)[C@@H](O)C6OS(=O)(=O)O)[C@H](O)C5SONOO)C(O)C4OS(=O)(=O)O)C(O)C3SONOO)[C@@H](O)C2OS(=O)(=O)O)[C@H](O)C1SONOO. The van der Waals surface area contributed by atoms with Gasteiger partial charge in [0, 0.05) is 55.7 Å². The van der Waals surface area contributed by atoms with Gasteiger partial charge in [-0.1, -0.05) is 12.0 Å². The average Bonchev–Trinajstić information content (AvgIpc) is 0.754. The Labute approximate surface area is 657 Å². The van der Waals surface area contributed by atoms with Crippen LogP contribution in [0.4, 0.5) is 0 Å².